The van der Waals surface area contributed by atoms with E-state index in [0.29, 0.717) is 5.69 Å². The molecule has 0 radical (unpaired) electrons. The molecular formula is C21H18N4O. The molecule has 1 N–H and O–H groups in total. The van der Waals surface area contributed by atoms with Crippen LogP contribution in [0.3, 0.4) is 0 Å². The van der Waals surface area contributed by atoms with Crippen LogP contribution in [0.5, 0.6) is 0 Å². The Labute approximate surface area is 151 Å². The van der Waals surface area contributed by atoms with Crippen LogP contribution in [0.1, 0.15) is 48.4 Å². The highest BCUT2D eigenvalue weighted by Gasteiger charge is 2.15. The summed E-state index contributed by atoms with van der Waals surface area (Å²) in [6.45, 7) is 5.80. The normalized spacial score (nSPS) is 11.1. The zero-order chi connectivity index (χ0) is 18.3. The van der Waals surface area contributed by atoms with Gasteiger partial charge in [0.1, 0.15) is 17.7 Å². The maximum atomic E-state index is 12.0. The summed E-state index contributed by atoms with van der Waals surface area (Å²) in [5, 5.41) is 1.84. The highest BCUT2D eigenvalue weighted by atomic mass is 16.1. The molecule has 0 saturated heterocycles. The van der Waals surface area contributed by atoms with Crippen LogP contribution in [0.2, 0.25) is 0 Å². The SMILES string of the molecule is CC(=O)c1cn(C(C)C)c2c(C#Cc3ncnc4[nH]ccc34)cccc12. The maximum Gasteiger partial charge on any atom is 0.161 e. The smallest absolute Gasteiger partial charge is 0.161 e. The Balaban J connectivity index is 1.93. The Kier molecular flexibility index (Phi) is 3.81. The molecule has 0 spiro atoms. The number of benzene rings is 1. The van der Waals surface area contributed by atoms with Gasteiger partial charge in [-0.15, -0.1) is 0 Å². The molecule has 0 fully saturated rings. The number of aromatic nitrogens is 4. The Bertz CT molecular complexity index is 1200. The standard InChI is InChI=1S/C21H18N4O/c1-13(2)25-11-18(14(3)26)16-6-4-5-15(20(16)25)7-8-19-17-9-10-22-21(17)24-12-23-19/h4-6,9-13H,1-3H3,(H,22,23,24). The van der Waals surface area contributed by atoms with Gasteiger partial charge in [0.15, 0.2) is 5.78 Å². The van der Waals surface area contributed by atoms with Gasteiger partial charge >= 0.3 is 0 Å². The van der Waals surface area contributed by atoms with Crippen molar-refractivity contribution in [1.82, 2.24) is 19.5 Å². The van der Waals surface area contributed by atoms with E-state index in [1.165, 1.54) is 6.33 Å². The molecule has 0 saturated carbocycles. The van der Waals surface area contributed by atoms with Gasteiger partial charge < -0.3 is 9.55 Å². The summed E-state index contributed by atoms with van der Waals surface area (Å²) >= 11 is 0. The van der Waals surface area contributed by atoms with E-state index in [2.05, 4.69) is 45.2 Å². The molecule has 0 aliphatic rings. The van der Waals surface area contributed by atoms with Gasteiger partial charge in [-0.2, -0.15) is 0 Å². The zero-order valence-corrected chi connectivity index (χ0v) is 14.9. The topological polar surface area (TPSA) is 63.6 Å². The van der Waals surface area contributed by atoms with Crippen LogP contribution in [0.25, 0.3) is 21.9 Å². The molecular weight excluding hydrogens is 324 g/mol. The molecule has 4 aromatic rings. The van der Waals surface area contributed by atoms with Crippen molar-refractivity contribution >= 4 is 27.7 Å². The van der Waals surface area contributed by atoms with Gasteiger partial charge in [0.25, 0.3) is 0 Å². The maximum absolute atomic E-state index is 12.0. The summed E-state index contributed by atoms with van der Waals surface area (Å²) in [4.78, 5) is 23.6. The minimum absolute atomic E-state index is 0.0596. The molecule has 3 heterocycles. The van der Waals surface area contributed by atoms with E-state index in [1.807, 2.05) is 36.7 Å². The predicted molar refractivity (Wildman–Crippen MR) is 102 cm³/mol. The van der Waals surface area contributed by atoms with E-state index < -0.39 is 0 Å². The second kappa shape index (κ2) is 6.16. The van der Waals surface area contributed by atoms with Gasteiger partial charge in [-0.3, -0.25) is 4.79 Å². The first kappa shape index (κ1) is 16.1. The molecule has 26 heavy (non-hydrogen) atoms. The number of nitrogens with one attached hydrogen (secondary N) is 1. The quantitative estimate of drug-likeness (QED) is 0.441. The highest BCUT2D eigenvalue weighted by molar-refractivity contribution is 6.08. The lowest BCUT2D eigenvalue weighted by molar-refractivity contribution is 0.101. The number of Topliss-reactive ketones (excluding diaryl/α,β-unsaturated/α-hetero) is 1. The largest absolute Gasteiger partial charge is 0.346 e. The average Bonchev–Trinajstić information content (AvgIpc) is 3.24. The minimum Gasteiger partial charge on any atom is -0.346 e. The summed E-state index contributed by atoms with van der Waals surface area (Å²) in [6, 6.07) is 8.04. The molecule has 0 amide bonds. The third-order valence-electron chi connectivity index (χ3n) is 4.46. The second-order valence-corrected chi connectivity index (χ2v) is 6.51. The number of H-pyrrole nitrogens is 1. The first-order valence-corrected chi connectivity index (χ1v) is 8.51. The highest BCUT2D eigenvalue weighted by Crippen LogP contribution is 2.28. The van der Waals surface area contributed by atoms with Crippen molar-refractivity contribution in [1.29, 1.82) is 0 Å². The zero-order valence-electron chi connectivity index (χ0n) is 14.9. The number of ketones is 1. The number of rotatable bonds is 2. The summed E-state index contributed by atoms with van der Waals surface area (Å²) in [6.07, 6.45) is 5.26. The molecule has 0 atom stereocenters. The molecule has 3 aromatic heterocycles. The van der Waals surface area contributed by atoms with Crippen LogP contribution < -0.4 is 0 Å². The third kappa shape index (κ3) is 2.56. The van der Waals surface area contributed by atoms with E-state index in [4.69, 9.17) is 0 Å². The molecule has 128 valence electrons. The van der Waals surface area contributed by atoms with Crippen LogP contribution >= 0.6 is 0 Å². The van der Waals surface area contributed by atoms with Crippen molar-refractivity contribution in [3.8, 4) is 11.8 Å². The number of fused-ring (bicyclic) bond motifs is 2. The fraction of sp³-hybridized carbons (Fsp3) is 0.190. The summed E-state index contributed by atoms with van der Waals surface area (Å²) in [5.41, 5.74) is 4.05. The number of carbonyl (C=O) groups is 1. The van der Waals surface area contributed by atoms with Gasteiger partial charge in [0.05, 0.1) is 10.9 Å². The van der Waals surface area contributed by atoms with Crippen molar-refractivity contribution in [3.05, 3.63) is 59.8 Å². The molecule has 5 heteroatoms. The van der Waals surface area contributed by atoms with E-state index in [0.717, 1.165) is 33.1 Å². The lowest BCUT2D eigenvalue weighted by atomic mass is 10.1. The monoisotopic (exact) mass is 342 g/mol. The van der Waals surface area contributed by atoms with E-state index in [-0.39, 0.29) is 11.8 Å². The predicted octanol–water partition coefficient (Wildman–Crippen LogP) is 4.10. The molecule has 0 unspecified atom stereocenters. The Morgan fingerprint density at radius 3 is 2.77 bits per heavy atom. The summed E-state index contributed by atoms with van der Waals surface area (Å²) in [7, 11) is 0. The van der Waals surface area contributed by atoms with E-state index in [1.54, 1.807) is 6.92 Å². The van der Waals surface area contributed by atoms with Crippen LogP contribution in [0, 0.1) is 11.8 Å². The first-order chi connectivity index (χ1) is 12.6. The average molecular weight is 342 g/mol. The van der Waals surface area contributed by atoms with Crippen LogP contribution in [0.4, 0.5) is 0 Å². The Morgan fingerprint density at radius 2 is 2.00 bits per heavy atom. The first-order valence-electron chi connectivity index (χ1n) is 8.51. The number of aromatic amines is 1. The summed E-state index contributed by atoms with van der Waals surface area (Å²) < 4.78 is 2.11. The Hall–Kier alpha value is -3.39. The lowest BCUT2D eigenvalue weighted by Crippen LogP contribution is -2.00. The number of hydrogen-bond acceptors (Lipinski definition) is 3. The number of para-hydroxylation sites is 1. The van der Waals surface area contributed by atoms with Crippen molar-refractivity contribution in [3.63, 3.8) is 0 Å². The minimum atomic E-state index is 0.0596. The van der Waals surface area contributed by atoms with Crippen molar-refractivity contribution in [2.45, 2.75) is 26.8 Å². The van der Waals surface area contributed by atoms with Gasteiger partial charge in [0, 0.05) is 34.9 Å². The van der Waals surface area contributed by atoms with Gasteiger partial charge in [-0.25, -0.2) is 9.97 Å². The second-order valence-electron chi connectivity index (χ2n) is 6.51. The molecule has 4 rings (SSSR count). The molecule has 0 bridgehead atoms. The number of carbonyl (C=O) groups excluding carboxylic acids is 1. The number of hydrogen-bond donors (Lipinski definition) is 1. The fourth-order valence-corrected chi connectivity index (χ4v) is 3.20. The van der Waals surface area contributed by atoms with Gasteiger partial charge in [-0.1, -0.05) is 18.1 Å². The lowest BCUT2D eigenvalue weighted by Gasteiger charge is -2.10. The fourth-order valence-electron chi connectivity index (χ4n) is 3.20. The number of nitrogens with zero attached hydrogens (tertiary/aromatic N) is 3. The van der Waals surface area contributed by atoms with Crippen LogP contribution in [-0.2, 0) is 0 Å². The van der Waals surface area contributed by atoms with Gasteiger partial charge in [0.2, 0.25) is 0 Å². The van der Waals surface area contributed by atoms with E-state index in [9.17, 15) is 4.79 Å². The van der Waals surface area contributed by atoms with E-state index >= 15 is 0 Å². The molecule has 1 aromatic carbocycles. The van der Waals surface area contributed by atoms with Crippen LogP contribution in [-0.4, -0.2) is 25.3 Å². The summed E-state index contributed by atoms with van der Waals surface area (Å²) in [5.74, 6) is 6.47. The van der Waals surface area contributed by atoms with Crippen molar-refractivity contribution < 1.29 is 4.79 Å². The van der Waals surface area contributed by atoms with Crippen LogP contribution in [0.15, 0.2) is 43.0 Å². The molecule has 0 aliphatic carbocycles. The van der Waals surface area contributed by atoms with Gasteiger partial charge in [-0.05, 0) is 38.8 Å². The Morgan fingerprint density at radius 1 is 1.15 bits per heavy atom. The van der Waals surface area contributed by atoms with Crippen molar-refractivity contribution in [2.75, 3.05) is 0 Å². The third-order valence-corrected chi connectivity index (χ3v) is 4.46. The van der Waals surface area contributed by atoms with Crippen molar-refractivity contribution in [2.24, 2.45) is 0 Å². The molecule has 0 aliphatic heterocycles. The molecule has 5 nitrogen and oxygen atoms in total.